The van der Waals surface area contributed by atoms with Gasteiger partial charge in [-0.05, 0) is 22.0 Å². The van der Waals surface area contributed by atoms with Gasteiger partial charge in [0.15, 0.2) is 5.75 Å². The lowest BCUT2D eigenvalue weighted by Crippen LogP contribution is -2.03. The minimum atomic E-state index is -1.09. The molecule has 0 aliphatic carbocycles. The van der Waals surface area contributed by atoms with E-state index in [1.54, 1.807) is 24.3 Å². The highest BCUT2D eigenvalue weighted by atomic mass is 79.9. The number of aromatic nitrogens is 3. The average Bonchev–Trinajstić information content (AvgIpc) is 2.49. The third-order valence-corrected chi connectivity index (χ3v) is 3.34. The number of carboxylic acid groups (broad SMARTS) is 1. The molecule has 0 aliphatic rings. The van der Waals surface area contributed by atoms with Crippen LogP contribution in [0.2, 0.25) is 0 Å². The Morgan fingerprint density at radius 1 is 1.19 bits per heavy atom. The van der Waals surface area contributed by atoms with Crippen LogP contribution in [0, 0.1) is 0 Å². The number of carboxylic acids is 1. The fourth-order valence-corrected chi connectivity index (χ4v) is 2.20. The fraction of sp³-hybridized carbons (Fsp3) is 0. The Labute approximate surface area is 127 Å². The molecule has 1 N–H and O–H groups in total. The van der Waals surface area contributed by atoms with Crippen LogP contribution in [-0.4, -0.2) is 26.0 Å². The van der Waals surface area contributed by atoms with Crippen LogP contribution in [0.4, 0.5) is 0 Å². The number of rotatable bonds is 3. The monoisotopic (exact) mass is 345 g/mol. The molecule has 0 spiro atoms. The van der Waals surface area contributed by atoms with E-state index in [0.29, 0.717) is 15.4 Å². The molecule has 0 atom stereocenters. The van der Waals surface area contributed by atoms with Crippen molar-refractivity contribution in [3.8, 4) is 11.6 Å². The van der Waals surface area contributed by atoms with Crippen molar-refractivity contribution in [1.29, 1.82) is 0 Å². The van der Waals surface area contributed by atoms with E-state index in [1.807, 2.05) is 0 Å². The number of halogens is 1. The van der Waals surface area contributed by atoms with Crippen LogP contribution in [0.1, 0.15) is 10.4 Å². The Balaban J connectivity index is 2.17. The summed E-state index contributed by atoms with van der Waals surface area (Å²) in [6.45, 7) is 0. The summed E-state index contributed by atoms with van der Waals surface area (Å²) in [5.41, 5.74) is 0.634. The van der Waals surface area contributed by atoms with Gasteiger partial charge in [0.05, 0.1) is 16.2 Å². The maximum Gasteiger partial charge on any atom is 0.340 e. The number of hydrogen-bond donors (Lipinski definition) is 1. The molecule has 0 bridgehead atoms. The number of benzene rings is 1. The molecule has 0 unspecified atom stereocenters. The van der Waals surface area contributed by atoms with E-state index in [1.165, 1.54) is 18.7 Å². The molecule has 0 amide bonds. The van der Waals surface area contributed by atoms with Gasteiger partial charge in [-0.3, -0.25) is 4.98 Å². The largest absolute Gasteiger partial charge is 0.478 e. The van der Waals surface area contributed by atoms with Crippen LogP contribution in [0.15, 0.2) is 47.5 Å². The van der Waals surface area contributed by atoms with E-state index < -0.39 is 5.97 Å². The molecular weight excluding hydrogens is 338 g/mol. The number of aromatic carboxylic acids is 1. The van der Waals surface area contributed by atoms with Crippen LogP contribution >= 0.6 is 15.9 Å². The highest BCUT2D eigenvalue weighted by Crippen LogP contribution is 2.31. The lowest BCUT2D eigenvalue weighted by Gasteiger charge is -2.10. The van der Waals surface area contributed by atoms with E-state index in [4.69, 9.17) is 4.74 Å². The lowest BCUT2D eigenvalue weighted by molar-refractivity contribution is 0.0696. The van der Waals surface area contributed by atoms with Crippen molar-refractivity contribution in [3.05, 3.63) is 53.0 Å². The van der Waals surface area contributed by atoms with Gasteiger partial charge >= 0.3 is 5.97 Å². The Kier molecular flexibility index (Phi) is 3.49. The maximum absolute atomic E-state index is 11.6. The van der Waals surface area contributed by atoms with Gasteiger partial charge in [0.1, 0.15) is 11.9 Å². The van der Waals surface area contributed by atoms with Crippen LogP contribution in [-0.2, 0) is 0 Å². The second-order valence-electron chi connectivity index (χ2n) is 4.10. The van der Waals surface area contributed by atoms with Crippen molar-refractivity contribution in [2.45, 2.75) is 0 Å². The van der Waals surface area contributed by atoms with Gasteiger partial charge in [0, 0.05) is 11.6 Å². The second-order valence-corrected chi connectivity index (χ2v) is 4.95. The Morgan fingerprint density at radius 2 is 2.00 bits per heavy atom. The molecule has 3 aromatic rings. The zero-order chi connectivity index (χ0) is 14.8. The molecule has 1 aromatic carbocycles. The average molecular weight is 346 g/mol. The molecule has 0 fully saturated rings. The molecule has 2 aromatic heterocycles. The normalized spacial score (nSPS) is 10.5. The topological polar surface area (TPSA) is 85.2 Å². The van der Waals surface area contributed by atoms with Crippen LogP contribution in [0.5, 0.6) is 11.6 Å². The van der Waals surface area contributed by atoms with E-state index in [0.717, 1.165) is 0 Å². The van der Waals surface area contributed by atoms with Crippen molar-refractivity contribution < 1.29 is 14.6 Å². The summed E-state index contributed by atoms with van der Waals surface area (Å²) in [6.07, 6.45) is 4.20. The predicted octanol–water partition coefficient (Wildman–Crippen LogP) is 3.28. The smallest absolute Gasteiger partial charge is 0.340 e. The molecule has 0 saturated carbocycles. The first-order chi connectivity index (χ1) is 10.2. The lowest BCUT2D eigenvalue weighted by atomic mass is 10.1. The number of para-hydroxylation sites is 1. The minimum absolute atomic E-state index is 0.0473. The fourth-order valence-electron chi connectivity index (χ4n) is 1.90. The summed E-state index contributed by atoms with van der Waals surface area (Å²) < 4.78 is 6.09. The quantitative estimate of drug-likeness (QED) is 0.783. The van der Waals surface area contributed by atoms with Crippen molar-refractivity contribution >= 4 is 32.8 Å². The van der Waals surface area contributed by atoms with Gasteiger partial charge in [-0.2, -0.15) is 0 Å². The Hall–Kier alpha value is -2.54. The van der Waals surface area contributed by atoms with Gasteiger partial charge in [0.2, 0.25) is 5.88 Å². The maximum atomic E-state index is 11.6. The SMILES string of the molecule is O=C(O)c1c(Oc2ncncc2Br)cnc2ccccc12. The summed E-state index contributed by atoms with van der Waals surface area (Å²) in [4.78, 5) is 23.5. The van der Waals surface area contributed by atoms with Gasteiger partial charge in [-0.15, -0.1) is 0 Å². The molecule has 2 heterocycles. The first-order valence-electron chi connectivity index (χ1n) is 5.91. The summed E-state index contributed by atoms with van der Waals surface area (Å²) >= 11 is 3.25. The van der Waals surface area contributed by atoms with E-state index in [-0.39, 0.29) is 17.2 Å². The van der Waals surface area contributed by atoms with Gasteiger partial charge < -0.3 is 9.84 Å². The van der Waals surface area contributed by atoms with E-state index >= 15 is 0 Å². The molecule has 0 saturated heterocycles. The molecule has 6 nitrogen and oxygen atoms in total. The Morgan fingerprint density at radius 3 is 2.76 bits per heavy atom. The van der Waals surface area contributed by atoms with Gasteiger partial charge in [-0.1, -0.05) is 18.2 Å². The minimum Gasteiger partial charge on any atom is -0.478 e. The summed E-state index contributed by atoms with van der Waals surface area (Å²) in [7, 11) is 0. The molecular formula is C14H8BrN3O3. The van der Waals surface area contributed by atoms with E-state index in [2.05, 4.69) is 30.9 Å². The molecule has 3 rings (SSSR count). The third-order valence-electron chi connectivity index (χ3n) is 2.80. The van der Waals surface area contributed by atoms with E-state index in [9.17, 15) is 9.90 Å². The number of nitrogens with zero attached hydrogens (tertiary/aromatic N) is 3. The highest BCUT2D eigenvalue weighted by molar-refractivity contribution is 9.10. The van der Waals surface area contributed by atoms with Crippen LogP contribution in [0.25, 0.3) is 10.9 Å². The molecule has 0 radical (unpaired) electrons. The van der Waals surface area contributed by atoms with Crippen molar-refractivity contribution in [2.24, 2.45) is 0 Å². The highest BCUT2D eigenvalue weighted by Gasteiger charge is 2.18. The standard InChI is InChI=1S/C14H8BrN3O3/c15-9-5-16-7-18-13(9)21-11-6-17-10-4-2-1-3-8(10)12(11)14(19)20/h1-7H,(H,19,20). The number of carbonyl (C=O) groups is 1. The predicted molar refractivity (Wildman–Crippen MR) is 78.5 cm³/mol. The zero-order valence-electron chi connectivity index (χ0n) is 10.5. The first kappa shape index (κ1) is 13.4. The van der Waals surface area contributed by atoms with Gasteiger partial charge in [0.25, 0.3) is 0 Å². The number of ether oxygens (including phenoxy) is 1. The van der Waals surface area contributed by atoms with Crippen LogP contribution < -0.4 is 4.74 Å². The van der Waals surface area contributed by atoms with Gasteiger partial charge in [-0.25, -0.2) is 14.8 Å². The summed E-state index contributed by atoms with van der Waals surface area (Å²) in [5.74, 6) is -0.737. The molecule has 0 aliphatic heterocycles. The molecule has 7 heteroatoms. The van der Waals surface area contributed by atoms with Crippen molar-refractivity contribution in [2.75, 3.05) is 0 Å². The number of hydrogen-bond acceptors (Lipinski definition) is 5. The first-order valence-corrected chi connectivity index (χ1v) is 6.70. The molecule has 21 heavy (non-hydrogen) atoms. The second kappa shape index (κ2) is 5.45. The Bertz CT molecular complexity index is 839. The van der Waals surface area contributed by atoms with Crippen molar-refractivity contribution in [1.82, 2.24) is 15.0 Å². The zero-order valence-corrected chi connectivity index (χ0v) is 12.1. The summed E-state index contributed by atoms with van der Waals surface area (Å²) in [6, 6.07) is 6.98. The summed E-state index contributed by atoms with van der Waals surface area (Å²) in [5, 5.41) is 9.97. The third kappa shape index (κ3) is 2.55. The number of fused-ring (bicyclic) bond motifs is 1. The number of pyridine rings is 1. The van der Waals surface area contributed by atoms with Crippen LogP contribution in [0.3, 0.4) is 0 Å². The molecule has 104 valence electrons. The van der Waals surface area contributed by atoms with Crippen molar-refractivity contribution in [3.63, 3.8) is 0 Å².